The van der Waals surface area contributed by atoms with Gasteiger partial charge in [0, 0.05) is 13.1 Å². The van der Waals surface area contributed by atoms with Crippen LogP contribution < -0.4 is 0 Å². The van der Waals surface area contributed by atoms with Gasteiger partial charge >= 0.3 is 5.97 Å². The summed E-state index contributed by atoms with van der Waals surface area (Å²) in [6.45, 7) is 2.32. The van der Waals surface area contributed by atoms with Gasteiger partial charge in [-0.1, -0.05) is 0 Å². The van der Waals surface area contributed by atoms with E-state index in [1.807, 2.05) is 0 Å². The van der Waals surface area contributed by atoms with Crippen LogP contribution in [-0.4, -0.2) is 49.1 Å². The van der Waals surface area contributed by atoms with Crippen molar-refractivity contribution >= 4 is 16.0 Å². The summed E-state index contributed by atoms with van der Waals surface area (Å²) in [5.41, 5.74) is 0.523. The molecular weight excluding hydrogens is 270 g/mol. The third-order valence-corrected chi connectivity index (χ3v) is 5.40. The van der Waals surface area contributed by atoms with Crippen LogP contribution in [0.5, 0.6) is 0 Å². The van der Waals surface area contributed by atoms with Gasteiger partial charge in [0.1, 0.15) is 4.90 Å². The average molecular weight is 287 g/mol. The van der Waals surface area contributed by atoms with Crippen LogP contribution in [0.4, 0.5) is 0 Å². The third-order valence-electron chi connectivity index (χ3n) is 3.39. The predicted octanol–water partition coefficient (Wildman–Crippen LogP) is 0.292. The number of hydrogen-bond acceptors (Lipinski definition) is 5. The van der Waals surface area contributed by atoms with Gasteiger partial charge in [0.05, 0.1) is 24.9 Å². The molecule has 0 unspecified atom stereocenters. The molecule has 0 aliphatic carbocycles. The summed E-state index contributed by atoms with van der Waals surface area (Å²) in [4.78, 5) is 11.6. The Kier molecular flexibility index (Phi) is 3.91. The van der Waals surface area contributed by atoms with E-state index in [1.54, 1.807) is 6.92 Å². The van der Waals surface area contributed by atoms with Gasteiger partial charge in [0.2, 0.25) is 10.0 Å². The molecule has 7 nitrogen and oxygen atoms in total. The number of nitrogens with one attached hydrogen (secondary N) is 1. The molecule has 1 N–H and O–H groups in total. The molecule has 1 aliphatic heterocycles. The number of hydrogen-bond donors (Lipinski definition) is 1. The van der Waals surface area contributed by atoms with Crippen LogP contribution in [0, 0.1) is 12.8 Å². The second-order valence-corrected chi connectivity index (χ2v) is 6.47. The number of ether oxygens (including phenoxy) is 1. The fourth-order valence-electron chi connectivity index (χ4n) is 2.24. The first-order valence-corrected chi connectivity index (χ1v) is 7.48. The van der Waals surface area contributed by atoms with E-state index in [4.69, 9.17) is 0 Å². The van der Waals surface area contributed by atoms with E-state index in [1.165, 1.54) is 17.6 Å². The number of nitrogens with zero attached hydrogens (tertiary/aromatic N) is 2. The number of H-pyrrole nitrogens is 1. The number of aromatic nitrogens is 2. The van der Waals surface area contributed by atoms with Crippen molar-refractivity contribution in [3.63, 3.8) is 0 Å². The van der Waals surface area contributed by atoms with Gasteiger partial charge in [-0.3, -0.25) is 9.89 Å². The molecule has 1 aromatic heterocycles. The molecule has 0 spiro atoms. The zero-order valence-electron chi connectivity index (χ0n) is 10.9. The number of esters is 1. The summed E-state index contributed by atoms with van der Waals surface area (Å²) in [5, 5.41) is 6.35. The lowest BCUT2D eigenvalue weighted by Gasteiger charge is -2.29. The lowest BCUT2D eigenvalue weighted by atomic mass is 9.99. The Balaban J connectivity index is 2.10. The monoisotopic (exact) mass is 287 g/mol. The maximum Gasteiger partial charge on any atom is 0.308 e. The van der Waals surface area contributed by atoms with Gasteiger partial charge in [-0.25, -0.2) is 8.42 Å². The molecular formula is C11H17N3O4S. The van der Waals surface area contributed by atoms with E-state index < -0.39 is 10.0 Å². The molecule has 0 atom stereocenters. The van der Waals surface area contributed by atoms with Crippen LogP contribution in [0.15, 0.2) is 11.1 Å². The second kappa shape index (κ2) is 5.30. The van der Waals surface area contributed by atoms with E-state index in [2.05, 4.69) is 14.9 Å². The smallest absolute Gasteiger partial charge is 0.308 e. The summed E-state index contributed by atoms with van der Waals surface area (Å²) in [6.07, 6.45) is 2.29. The number of carbonyl (C=O) groups excluding carboxylic acids is 1. The predicted molar refractivity (Wildman–Crippen MR) is 66.8 cm³/mol. The number of aromatic amines is 1. The van der Waals surface area contributed by atoms with Crippen LogP contribution >= 0.6 is 0 Å². The third kappa shape index (κ3) is 2.64. The number of sulfonamides is 1. The standard InChI is InChI=1S/C11H17N3O4S/c1-8-10(7-12-13-8)19(16,17)14-5-3-9(4-6-14)11(15)18-2/h7,9H,3-6H2,1-2H3,(H,12,13). The summed E-state index contributed by atoms with van der Waals surface area (Å²) < 4.78 is 30.8. The zero-order valence-corrected chi connectivity index (χ0v) is 11.7. The number of methoxy groups -OCH3 is 1. The lowest BCUT2D eigenvalue weighted by Crippen LogP contribution is -2.40. The first kappa shape index (κ1) is 14.0. The van der Waals surface area contributed by atoms with Gasteiger partial charge in [0.15, 0.2) is 0 Å². The van der Waals surface area contributed by atoms with Crippen molar-refractivity contribution in [2.45, 2.75) is 24.7 Å². The van der Waals surface area contributed by atoms with Gasteiger partial charge in [-0.05, 0) is 19.8 Å². The van der Waals surface area contributed by atoms with Crippen LogP contribution in [0.3, 0.4) is 0 Å². The average Bonchev–Trinajstić information content (AvgIpc) is 2.85. The molecule has 0 saturated carbocycles. The van der Waals surface area contributed by atoms with E-state index in [0.717, 1.165) is 0 Å². The van der Waals surface area contributed by atoms with Gasteiger partial charge in [0.25, 0.3) is 0 Å². The molecule has 19 heavy (non-hydrogen) atoms. The Morgan fingerprint density at radius 1 is 1.47 bits per heavy atom. The Hall–Kier alpha value is -1.41. The van der Waals surface area contributed by atoms with Crippen molar-refractivity contribution in [1.82, 2.24) is 14.5 Å². The van der Waals surface area contributed by atoms with Crippen molar-refractivity contribution in [2.24, 2.45) is 5.92 Å². The molecule has 1 aliphatic rings. The van der Waals surface area contributed by atoms with E-state index in [0.29, 0.717) is 31.6 Å². The van der Waals surface area contributed by atoms with Crippen molar-refractivity contribution in [3.05, 3.63) is 11.9 Å². The second-order valence-electron chi connectivity index (χ2n) is 4.56. The minimum absolute atomic E-state index is 0.198. The Morgan fingerprint density at radius 2 is 2.11 bits per heavy atom. The van der Waals surface area contributed by atoms with Gasteiger partial charge < -0.3 is 4.74 Å². The lowest BCUT2D eigenvalue weighted by molar-refractivity contribution is -0.146. The minimum atomic E-state index is -3.52. The summed E-state index contributed by atoms with van der Waals surface area (Å²) in [6, 6.07) is 0. The van der Waals surface area contributed by atoms with E-state index in [-0.39, 0.29) is 16.8 Å². The van der Waals surface area contributed by atoms with Gasteiger partial charge in [-0.2, -0.15) is 9.40 Å². The van der Waals surface area contributed by atoms with Crippen molar-refractivity contribution in [2.75, 3.05) is 20.2 Å². The minimum Gasteiger partial charge on any atom is -0.469 e. The maximum absolute atomic E-state index is 12.4. The molecule has 1 aromatic rings. The van der Waals surface area contributed by atoms with Crippen molar-refractivity contribution in [1.29, 1.82) is 0 Å². The fourth-order valence-corrected chi connectivity index (χ4v) is 3.83. The van der Waals surface area contributed by atoms with Crippen LogP contribution in [0.2, 0.25) is 0 Å². The molecule has 1 saturated heterocycles. The fraction of sp³-hybridized carbons (Fsp3) is 0.636. The molecule has 8 heteroatoms. The highest BCUT2D eigenvalue weighted by atomic mass is 32.2. The Labute approximate surface area is 112 Å². The summed E-state index contributed by atoms with van der Waals surface area (Å²) in [7, 11) is -2.17. The molecule has 0 bridgehead atoms. The Morgan fingerprint density at radius 3 is 2.58 bits per heavy atom. The number of piperidine rings is 1. The first-order valence-electron chi connectivity index (χ1n) is 6.04. The summed E-state index contributed by atoms with van der Waals surface area (Å²) in [5.74, 6) is -0.474. The molecule has 2 heterocycles. The van der Waals surface area contributed by atoms with Crippen molar-refractivity contribution in [3.8, 4) is 0 Å². The zero-order chi connectivity index (χ0) is 14.0. The van der Waals surface area contributed by atoms with Gasteiger partial charge in [-0.15, -0.1) is 0 Å². The van der Waals surface area contributed by atoms with E-state index >= 15 is 0 Å². The normalized spacial score (nSPS) is 18.4. The van der Waals surface area contributed by atoms with Crippen LogP contribution in [0.1, 0.15) is 18.5 Å². The van der Waals surface area contributed by atoms with Crippen molar-refractivity contribution < 1.29 is 17.9 Å². The first-order chi connectivity index (χ1) is 8.96. The molecule has 0 aromatic carbocycles. The number of carbonyl (C=O) groups is 1. The van der Waals surface area contributed by atoms with Crippen LogP contribution in [0.25, 0.3) is 0 Å². The molecule has 1 fully saturated rings. The molecule has 0 radical (unpaired) electrons. The summed E-state index contributed by atoms with van der Waals surface area (Å²) >= 11 is 0. The highest BCUT2D eigenvalue weighted by Crippen LogP contribution is 2.25. The maximum atomic E-state index is 12.4. The quantitative estimate of drug-likeness (QED) is 0.807. The largest absolute Gasteiger partial charge is 0.469 e. The topological polar surface area (TPSA) is 92.4 Å². The highest BCUT2D eigenvalue weighted by molar-refractivity contribution is 7.89. The van der Waals surface area contributed by atoms with E-state index in [9.17, 15) is 13.2 Å². The molecule has 106 valence electrons. The molecule has 0 amide bonds. The highest BCUT2D eigenvalue weighted by Gasteiger charge is 2.33. The SMILES string of the molecule is COC(=O)C1CCN(S(=O)(=O)c2cn[nH]c2C)CC1. The Bertz CT molecular complexity index is 558. The number of aryl methyl sites for hydroxylation is 1. The number of rotatable bonds is 3. The van der Waals surface area contributed by atoms with Crippen LogP contribution in [-0.2, 0) is 19.6 Å². The molecule has 2 rings (SSSR count).